The second kappa shape index (κ2) is 5.28. The summed E-state index contributed by atoms with van der Waals surface area (Å²) in [4.78, 5) is 0.829. The lowest BCUT2D eigenvalue weighted by Crippen LogP contribution is -2.25. The number of fused-ring (bicyclic) bond motifs is 1. The average Bonchev–Trinajstić information content (AvgIpc) is 3.18. The van der Waals surface area contributed by atoms with Crippen LogP contribution in [0.3, 0.4) is 0 Å². The molecule has 4 aromatic rings. The molecule has 4 rings (SSSR count). The first-order valence-corrected chi connectivity index (χ1v) is 8.31. The summed E-state index contributed by atoms with van der Waals surface area (Å²) >= 11 is 1.59. The van der Waals surface area contributed by atoms with Crippen LogP contribution >= 0.6 is 11.3 Å². The molecule has 0 spiro atoms. The van der Waals surface area contributed by atoms with Crippen LogP contribution in [0.2, 0.25) is 0 Å². The Kier molecular flexibility index (Phi) is 3.23. The van der Waals surface area contributed by atoms with Gasteiger partial charge in [-0.2, -0.15) is 9.61 Å². The zero-order chi connectivity index (χ0) is 15.9. The third-order valence-electron chi connectivity index (χ3n) is 4.28. The molecular weight excluding hydrogens is 304 g/mol. The van der Waals surface area contributed by atoms with Gasteiger partial charge in [0.15, 0.2) is 5.82 Å². The van der Waals surface area contributed by atoms with Crippen molar-refractivity contribution in [1.29, 1.82) is 0 Å². The molecule has 0 saturated carbocycles. The summed E-state index contributed by atoms with van der Waals surface area (Å²) < 4.78 is 1.82. The van der Waals surface area contributed by atoms with Gasteiger partial charge in [-0.25, -0.2) is 0 Å². The number of nitrogens with zero attached hydrogens (tertiary/aromatic N) is 4. The molecule has 0 aliphatic rings. The molecule has 0 radical (unpaired) electrons. The molecule has 0 aliphatic heterocycles. The molecule has 0 saturated heterocycles. The van der Waals surface area contributed by atoms with Gasteiger partial charge < -0.3 is 0 Å². The Morgan fingerprint density at radius 1 is 0.870 bits per heavy atom. The van der Waals surface area contributed by atoms with Gasteiger partial charge >= 0.3 is 0 Å². The Bertz CT molecular complexity index is 901. The van der Waals surface area contributed by atoms with Crippen molar-refractivity contribution in [3.63, 3.8) is 0 Å². The highest BCUT2D eigenvalue weighted by atomic mass is 32.1. The van der Waals surface area contributed by atoms with Gasteiger partial charge in [0, 0.05) is 0 Å². The number of hydrogen-bond acceptors (Lipinski definition) is 4. The fourth-order valence-electron chi connectivity index (χ4n) is 2.87. The highest BCUT2D eigenvalue weighted by Crippen LogP contribution is 2.40. The van der Waals surface area contributed by atoms with Crippen molar-refractivity contribution in [2.45, 2.75) is 19.3 Å². The molecule has 4 nitrogen and oxygen atoms in total. The number of benzene rings is 2. The Morgan fingerprint density at radius 2 is 1.43 bits per heavy atom. The van der Waals surface area contributed by atoms with Gasteiger partial charge in [0.05, 0.1) is 5.41 Å². The monoisotopic (exact) mass is 320 g/mol. The maximum Gasteiger partial charge on any atom is 0.234 e. The van der Waals surface area contributed by atoms with Crippen LogP contribution in [0.5, 0.6) is 0 Å². The lowest BCUT2D eigenvalue weighted by Gasteiger charge is -2.28. The molecule has 23 heavy (non-hydrogen) atoms. The topological polar surface area (TPSA) is 43.1 Å². The van der Waals surface area contributed by atoms with Crippen LogP contribution in [0, 0.1) is 6.92 Å². The van der Waals surface area contributed by atoms with Gasteiger partial charge in [0.2, 0.25) is 4.96 Å². The summed E-state index contributed by atoms with van der Waals surface area (Å²) in [6, 6.07) is 21.0. The molecule has 0 aliphatic carbocycles. The fourth-order valence-corrected chi connectivity index (χ4v) is 3.95. The SMILES string of the molecule is Cc1nnc2sc(C(C)(c3ccccc3)c3ccccc3)nn12. The summed E-state index contributed by atoms with van der Waals surface area (Å²) in [5.74, 6) is 0.811. The third-order valence-corrected chi connectivity index (χ3v) is 5.40. The van der Waals surface area contributed by atoms with Crippen LogP contribution in [0.4, 0.5) is 0 Å². The first-order chi connectivity index (χ1) is 11.2. The number of rotatable bonds is 3. The predicted molar refractivity (Wildman–Crippen MR) is 91.8 cm³/mol. The minimum atomic E-state index is -0.319. The molecule has 2 heterocycles. The highest BCUT2D eigenvalue weighted by molar-refractivity contribution is 7.16. The van der Waals surface area contributed by atoms with Crippen molar-refractivity contribution >= 4 is 16.3 Å². The predicted octanol–water partition coefficient (Wildman–Crippen LogP) is 3.85. The Balaban J connectivity index is 1.99. The van der Waals surface area contributed by atoms with Crippen LogP contribution in [0.25, 0.3) is 4.96 Å². The van der Waals surface area contributed by atoms with Crippen molar-refractivity contribution < 1.29 is 0 Å². The number of aryl methyl sites for hydroxylation is 1. The van der Waals surface area contributed by atoms with E-state index < -0.39 is 0 Å². The van der Waals surface area contributed by atoms with Gasteiger partial charge in [-0.15, -0.1) is 10.2 Å². The van der Waals surface area contributed by atoms with Crippen molar-refractivity contribution in [2.24, 2.45) is 0 Å². The van der Waals surface area contributed by atoms with Crippen molar-refractivity contribution in [3.8, 4) is 0 Å². The van der Waals surface area contributed by atoms with Crippen LogP contribution < -0.4 is 0 Å². The zero-order valence-electron chi connectivity index (χ0n) is 13.0. The second-order valence-electron chi connectivity index (χ2n) is 5.71. The molecule has 0 bridgehead atoms. The Hall–Kier alpha value is -2.53. The summed E-state index contributed by atoms with van der Waals surface area (Å²) in [7, 11) is 0. The van der Waals surface area contributed by atoms with E-state index in [0.29, 0.717) is 0 Å². The largest absolute Gasteiger partial charge is 0.234 e. The lowest BCUT2D eigenvalue weighted by molar-refractivity contribution is 0.662. The molecule has 0 fully saturated rings. The normalized spacial score (nSPS) is 11.9. The van der Waals surface area contributed by atoms with Gasteiger partial charge in [0.25, 0.3) is 0 Å². The molecule has 114 valence electrons. The quantitative estimate of drug-likeness (QED) is 0.576. The van der Waals surface area contributed by atoms with E-state index in [1.807, 2.05) is 23.6 Å². The Labute approximate surface area is 138 Å². The van der Waals surface area contributed by atoms with Crippen molar-refractivity contribution in [2.75, 3.05) is 0 Å². The molecule has 0 unspecified atom stereocenters. The van der Waals surface area contributed by atoms with E-state index in [2.05, 4.69) is 65.7 Å². The van der Waals surface area contributed by atoms with E-state index in [4.69, 9.17) is 5.10 Å². The number of aromatic nitrogens is 4. The van der Waals surface area contributed by atoms with Gasteiger partial charge in [-0.05, 0) is 25.0 Å². The number of hydrogen-bond donors (Lipinski definition) is 0. The van der Waals surface area contributed by atoms with Crippen LogP contribution in [-0.2, 0) is 5.41 Å². The van der Waals surface area contributed by atoms with Crippen LogP contribution in [0.15, 0.2) is 60.7 Å². The third kappa shape index (κ3) is 2.16. The minimum Gasteiger partial charge on any atom is -0.188 e. The maximum absolute atomic E-state index is 4.81. The summed E-state index contributed by atoms with van der Waals surface area (Å²) in [5, 5.41) is 14.1. The van der Waals surface area contributed by atoms with Crippen LogP contribution in [-0.4, -0.2) is 19.8 Å². The first kappa shape index (κ1) is 14.1. The Morgan fingerprint density at radius 3 is 1.96 bits per heavy atom. The maximum atomic E-state index is 4.81. The van der Waals surface area contributed by atoms with Gasteiger partial charge in [-0.3, -0.25) is 0 Å². The molecule has 2 aromatic heterocycles. The van der Waals surface area contributed by atoms with Crippen molar-refractivity contribution in [1.82, 2.24) is 19.8 Å². The highest BCUT2D eigenvalue weighted by Gasteiger charge is 2.35. The fraction of sp³-hybridized carbons (Fsp3) is 0.167. The molecule has 0 amide bonds. The van der Waals surface area contributed by atoms with E-state index in [1.165, 1.54) is 11.1 Å². The summed E-state index contributed by atoms with van der Waals surface area (Å²) in [6.07, 6.45) is 0. The molecule has 5 heteroatoms. The molecule has 0 N–H and O–H groups in total. The van der Waals surface area contributed by atoms with E-state index in [0.717, 1.165) is 15.8 Å². The standard InChI is InChI=1S/C18H16N4S/c1-13-19-20-17-22(13)21-16(23-17)18(2,14-9-5-3-6-10-14)15-11-7-4-8-12-15/h3-12H,1-2H3. The average molecular weight is 320 g/mol. The van der Waals surface area contributed by atoms with E-state index in [-0.39, 0.29) is 5.41 Å². The van der Waals surface area contributed by atoms with Crippen LogP contribution in [0.1, 0.15) is 28.9 Å². The molecular formula is C18H16N4S. The van der Waals surface area contributed by atoms with E-state index >= 15 is 0 Å². The lowest BCUT2D eigenvalue weighted by atomic mass is 9.77. The first-order valence-electron chi connectivity index (χ1n) is 7.50. The van der Waals surface area contributed by atoms with E-state index in [1.54, 1.807) is 11.3 Å². The van der Waals surface area contributed by atoms with Gasteiger partial charge in [0.1, 0.15) is 5.01 Å². The van der Waals surface area contributed by atoms with Crippen molar-refractivity contribution in [3.05, 3.63) is 82.6 Å². The zero-order valence-corrected chi connectivity index (χ0v) is 13.8. The summed E-state index contributed by atoms with van der Waals surface area (Å²) in [6.45, 7) is 4.14. The minimum absolute atomic E-state index is 0.319. The smallest absolute Gasteiger partial charge is 0.188 e. The second-order valence-corrected chi connectivity index (χ2v) is 6.66. The summed E-state index contributed by atoms with van der Waals surface area (Å²) in [5.41, 5.74) is 2.11. The van der Waals surface area contributed by atoms with Gasteiger partial charge in [-0.1, -0.05) is 72.0 Å². The van der Waals surface area contributed by atoms with E-state index in [9.17, 15) is 0 Å². The molecule has 2 aromatic carbocycles. The molecule has 0 atom stereocenters.